The van der Waals surface area contributed by atoms with E-state index in [4.69, 9.17) is 9.47 Å². The Hall–Kier alpha value is -1.22. The van der Waals surface area contributed by atoms with Crippen molar-refractivity contribution in [1.29, 1.82) is 0 Å². The molecule has 3 nitrogen and oxygen atoms in total. The Balaban J connectivity index is 2.21. The van der Waals surface area contributed by atoms with Gasteiger partial charge in [0.25, 0.3) is 0 Å². The van der Waals surface area contributed by atoms with E-state index in [1.807, 2.05) is 6.07 Å². The Morgan fingerprint density at radius 3 is 2.77 bits per heavy atom. The van der Waals surface area contributed by atoms with Crippen LogP contribution in [0.3, 0.4) is 0 Å². The van der Waals surface area contributed by atoms with Crippen LogP contribution >= 0.6 is 0 Å². The predicted octanol–water partition coefficient (Wildman–Crippen LogP) is 4.86. The van der Waals surface area contributed by atoms with Gasteiger partial charge in [0, 0.05) is 18.0 Å². The number of benzene rings is 1. The zero-order chi connectivity index (χ0) is 16.0. The summed E-state index contributed by atoms with van der Waals surface area (Å²) in [5, 5.41) is 3.72. The van der Waals surface area contributed by atoms with Crippen LogP contribution in [-0.4, -0.2) is 18.8 Å². The van der Waals surface area contributed by atoms with Crippen LogP contribution < -0.4 is 14.8 Å². The lowest BCUT2D eigenvalue weighted by molar-refractivity contribution is 0.0440. The van der Waals surface area contributed by atoms with Gasteiger partial charge >= 0.3 is 0 Å². The zero-order valence-corrected chi connectivity index (χ0v) is 14.6. The molecule has 0 saturated heterocycles. The van der Waals surface area contributed by atoms with E-state index in [0.717, 1.165) is 43.9 Å². The Morgan fingerprint density at radius 2 is 2.09 bits per heavy atom. The molecule has 0 amide bonds. The summed E-state index contributed by atoms with van der Waals surface area (Å²) in [7, 11) is 0. The van der Waals surface area contributed by atoms with Gasteiger partial charge in [-0.25, -0.2) is 0 Å². The molecule has 0 bridgehead atoms. The molecule has 2 atom stereocenters. The molecule has 2 rings (SSSR count). The SMILES string of the molecule is CCCCNC1CC(C)(CC)Oc2ccc(OCCC)cc21. The lowest BCUT2D eigenvalue weighted by Crippen LogP contribution is -2.41. The molecule has 0 saturated carbocycles. The number of hydrogen-bond donors (Lipinski definition) is 1. The predicted molar refractivity (Wildman–Crippen MR) is 91.8 cm³/mol. The normalized spacial score (nSPS) is 23.7. The van der Waals surface area contributed by atoms with Crippen molar-refractivity contribution < 1.29 is 9.47 Å². The minimum atomic E-state index is -0.0807. The Morgan fingerprint density at radius 1 is 1.27 bits per heavy atom. The first-order valence-electron chi connectivity index (χ1n) is 8.81. The van der Waals surface area contributed by atoms with Crippen molar-refractivity contribution in [3.05, 3.63) is 23.8 Å². The van der Waals surface area contributed by atoms with Crippen LogP contribution in [-0.2, 0) is 0 Å². The quantitative estimate of drug-likeness (QED) is 0.696. The molecule has 1 heterocycles. The molecule has 2 unspecified atom stereocenters. The molecule has 0 radical (unpaired) electrons. The Labute approximate surface area is 135 Å². The molecule has 3 heteroatoms. The second-order valence-electron chi connectivity index (χ2n) is 6.52. The summed E-state index contributed by atoms with van der Waals surface area (Å²) in [5.41, 5.74) is 1.17. The van der Waals surface area contributed by atoms with Gasteiger partial charge in [0.05, 0.1) is 6.61 Å². The molecule has 1 aliphatic rings. The van der Waals surface area contributed by atoms with Crippen molar-refractivity contribution in [1.82, 2.24) is 5.32 Å². The van der Waals surface area contributed by atoms with Crippen molar-refractivity contribution in [2.75, 3.05) is 13.2 Å². The highest BCUT2D eigenvalue weighted by Crippen LogP contribution is 2.42. The standard InChI is InChI=1S/C19H31NO2/c1-5-8-11-20-17-14-19(4,7-3)22-18-10-9-15(13-16(17)18)21-12-6-2/h9-10,13,17,20H,5-8,11-12,14H2,1-4H3. The minimum Gasteiger partial charge on any atom is -0.494 e. The van der Waals surface area contributed by atoms with Gasteiger partial charge in [-0.05, 0) is 50.9 Å². The first kappa shape index (κ1) is 17.1. The maximum atomic E-state index is 6.27. The highest BCUT2D eigenvalue weighted by atomic mass is 16.5. The number of unbranched alkanes of at least 4 members (excludes halogenated alkanes) is 1. The van der Waals surface area contributed by atoms with E-state index >= 15 is 0 Å². The maximum Gasteiger partial charge on any atom is 0.125 e. The third kappa shape index (κ3) is 4.16. The summed E-state index contributed by atoms with van der Waals surface area (Å²) in [5.74, 6) is 1.96. The molecule has 1 aliphatic heterocycles. The van der Waals surface area contributed by atoms with Crippen LogP contribution in [0, 0.1) is 0 Å². The van der Waals surface area contributed by atoms with Crippen LogP contribution in [0.25, 0.3) is 0 Å². The fourth-order valence-corrected chi connectivity index (χ4v) is 2.90. The second-order valence-corrected chi connectivity index (χ2v) is 6.52. The molecular weight excluding hydrogens is 274 g/mol. The zero-order valence-electron chi connectivity index (χ0n) is 14.6. The minimum absolute atomic E-state index is 0.0807. The van der Waals surface area contributed by atoms with Crippen molar-refractivity contribution in [2.24, 2.45) is 0 Å². The number of hydrogen-bond acceptors (Lipinski definition) is 3. The van der Waals surface area contributed by atoms with Gasteiger partial charge in [-0.3, -0.25) is 0 Å². The van der Waals surface area contributed by atoms with E-state index in [9.17, 15) is 0 Å². The second kappa shape index (κ2) is 7.87. The molecule has 1 aromatic rings. The van der Waals surface area contributed by atoms with E-state index < -0.39 is 0 Å². The highest BCUT2D eigenvalue weighted by molar-refractivity contribution is 5.44. The molecule has 1 N–H and O–H groups in total. The fourth-order valence-electron chi connectivity index (χ4n) is 2.90. The third-order valence-electron chi connectivity index (χ3n) is 4.49. The summed E-state index contributed by atoms with van der Waals surface area (Å²) in [4.78, 5) is 0. The maximum absolute atomic E-state index is 6.27. The summed E-state index contributed by atoms with van der Waals surface area (Å²) < 4.78 is 12.1. The summed E-state index contributed by atoms with van der Waals surface area (Å²) in [6, 6.07) is 6.61. The third-order valence-corrected chi connectivity index (χ3v) is 4.49. The van der Waals surface area contributed by atoms with Gasteiger partial charge < -0.3 is 14.8 Å². The number of ether oxygens (including phenoxy) is 2. The van der Waals surface area contributed by atoms with Crippen molar-refractivity contribution >= 4 is 0 Å². The molecule has 0 fully saturated rings. The van der Waals surface area contributed by atoms with E-state index in [0.29, 0.717) is 6.04 Å². The van der Waals surface area contributed by atoms with Gasteiger partial charge in [-0.1, -0.05) is 27.2 Å². The van der Waals surface area contributed by atoms with Crippen LogP contribution in [0.15, 0.2) is 18.2 Å². The number of rotatable bonds is 8. The fraction of sp³-hybridized carbons (Fsp3) is 0.684. The first-order valence-corrected chi connectivity index (χ1v) is 8.81. The lowest BCUT2D eigenvalue weighted by Gasteiger charge is -2.40. The first-order chi connectivity index (χ1) is 10.6. The molecule has 124 valence electrons. The van der Waals surface area contributed by atoms with Crippen LogP contribution in [0.4, 0.5) is 0 Å². The summed E-state index contributed by atoms with van der Waals surface area (Å²) in [6.45, 7) is 10.6. The molecule has 0 spiro atoms. The largest absolute Gasteiger partial charge is 0.494 e. The van der Waals surface area contributed by atoms with Crippen molar-refractivity contribution in [2.45, 2.75) is 71.4 Å². The average Bonchev–Trinajstić information content (AvgIpc) is 2.53. The van der Waals surface area contributed by atoms with Crippen LogP contribution in [0.5, 0.6) is 11.5 Å². The molecule has 1 aromatic carbocycles. The van der Waals surface area contributed by atoms with Crippen LogP contribution in [0.1, 0.15) is 71.4 Å². The average molecular weight is 305 g/mol. The molecular formula is C19H31NO2. The van der Waals surface area contributed by atoms with E-state index in [1.165, 1.54) is 18.4 Å². The van der Waals surface area contributed by atoms with Crippen molar-refractivity contribution in [3.63, 3.8) is 0 Å². The monoisotopic (exact) mass is 305 g/mol. The van der Waals surface area contributed by atoms with E-state index in [-0.39, 0.29) is 5.60 Å². The Kier molecular flexibility index (Phi) is 6.13. The molecule has 0 aliphatic carbocycles. The van der Waals surface area contributed by atoms with Gasteiger partial charge in [0.15, 0.2) is 0 Å². The number of fused-ring (bicyclic) bond motifs is 1. The summed E-state index contributed by atoms with van der Waals surface area (Å²) >= 11 is 0. The number of nitrogens with one attached hydrogen (secondary N) is 1. The van der Waals surface area contributed by atoms with Gasteiger partial charge in [-0.2, -0.15) is 0 Å². The van der Waals surface area contributed by atoms with Gasteiger partial charge in [0.1, 0.15) is 17.1 Å². The molecule has 22 heavy (non-hydrogen) atoms. The highest BCUT2D eigenvalue weighted by Gasteiger charge is 2.35. The van der Waals surface area contributed by atoms with Crippen LogP contribution in [0.2, 0.25) is 0 Å². The molecule has 0 aromatic heterocycles. The van der Waals surface area contributed by atoms with E-state index in [1.54, 1.807) is 0 Å². The smallest absolute Gasteiger partial charge is 0.125 e. The topological polar surface area (TPSA) is 30.5 Å². The van der Waals surface area contributed by atoms with Crippen molar-refractivity contribution in [3.8, 4) is 11.5 Å². The van der Waals surface area contributed by atoms with E-state index in [2.05, 4.69) is 45.1 Å². The lowest BCUT2D eigenvalue weighted by atomic mass is 9.86. The summed E-state index contributed by atoms with van der Waals surface area (Å²) in [6.07, 6.45) is 5.49. The van der Waals surface area contributed by atoms with Gasteiger partial charge in [0.2, 0.25) is 0 Å². The van der Waals surface area contributed by atoms with Gasteiger partial charge in [-0.15, -0.1) is 0 Å². The Bertz CT molecular complexity index is 475.